The van der Waals surface area contributed by atoms with Crippen LogP contribution in [0.5, 0.6) is 5.75 Å². The number of carbonyl (C=O) groups excluding carboxylic acids is 2. The molecule has 0 aliphatic rings. The molecule has 0 unspecified atom stereocenters. The Balaban J connectivity index is 2.27. The molecule has 2 aromatic carbocycles. The third kappa shape index (κ3) is 6.88. The van der Waals surface area contributed by atoms with Gasteiger partial charge in [-0.15, -0.1) is 0 Å². The normalized spacial score (nSPS) is 11.8. The van der Waals surface area contributed by atoms with E-state index in [0.717, 1.165) is 6.26 Å². The summed E-state index contributed by atoms with van der Waals surface area (Å²) >= 11 is 0. The van der Waals surface area contributed by atoms with Gasteiger partial charge in [-0.05, 0) is 49.8 Å². The lowest BCUT2D eigenvalue weighted by atomic mass is 10.1. The van der Waals surface area contributed by atoms with Crippen molar-refractivity contribution in [1.29, 1.82) is 0 Å². The predicted octanol–water partition coefficient (Wildman–Crippen LogP) is 2.32. The third-order valence-corrected chi connectivity index (χ3v) is 3.88. The Kier molecular flexibility index (Phi) is 6.94. The van der Waals surface area contributed by atoms with E-state index < -0.39 is 21.9 Å². The van der Waals surface area contributed by atoms with E-state index in [1.165, 1.54) is 18.2 Å². The first kappa shape index (κ1) is 21.2. The topological polar surface area (TPSA) is 102 Å². The van der Waals surface area contributed by atoms with Crippen LogP contribution in [0, 0.1) is 0 Å². The quantitative estimate of drug-likeness (QED) is 0.547. The minimum Gasteiger partial charge on any atom is -0.383 e. The van der Waals surface area contributed by atoms with Crippen LogP contribution in [-0.4, -0.2) is 32.5 Å². The van der Waals surface area contributed by atoms with E-state index in [1.54, 1.807) is 42.5 Å². The number of hydrogen-bond donors (Lipinski definition) is 2. The molecule has 2 aromatic rings. The molecular weight excluding hydrogens is 380 g/mol. The monoisotopic (exact) mass is 402 g/mol. The maximum Gasteiger partial charge on any atom is 0.306 e. The molecule has 0 heterocycles. The molecule has 8 heteroatoms. The second-order valence-corrected chi connectivity index (χ2v) is 7.94. The average molecular weight is 402 g/mol. The van der Waals surface area contributed by atoms with E-state index in [4.69, 9.17) is 4.18 Å². The number of hydrogen-bond acceptors (Lipinski definition) is 5. The Morgan fingerprint density at radius 3 is 2.14 bits per heavy atom. The molecule has 2 rings (SSSR count). The van der Waals surface area contributed by atoms with Crippen LogP contribution in [-0.2, 0) is 14.9 Å². The minimum atomic E-state index is -3.62. The SMILES string of the molecule is CC(C)NC(=O)/C(=C/c1ccc(OS(C)(=O)=O)cc1)NC(=O)c1ccccc1. The zero-order valence-electron chi connectivity index (χ0n) is 15.8. The van der Waals surface area contributed by atoms with Gasteiger partial charge in [0.2, 0.25) is 0 Å². The molecule has 0 radical (unpaired) electrons. The van der Waals surface area contributed by atoms with Gasteiger partial charge in [0.25, 0.3) is 11.8 Å². The van der Waals surface area contributed by atoms with E-state index in [1.807, 2.05) is 13.8 Å². The van der Waals surface area contributed by atoms with Crippen LogP contribution in [0.25, 0.3) is 6.08 Å². The van der Waals surface area contributed by atoms with Crippen LogP contribution in [0.1, 0.15) is 29.8 Å². The summed E-state index contributed by atoms with van der Waals surface area (Å²) in [6.07, 6.45) is 2.46. The first-order chi connectivity index (χ1) is 13.1. The molecule has 0 aliphatic heterocycles. The van der Waals surface area contributed by atoms with Gasteiger partial charge < -0.3 is 14.8 Å². The number of benzene rings is 2. The van der Waals surface area contributed by atoms with Crippen LogP contribution >= 0.6 is 0 Å². The Hall–Kier alpha value is -3.13. The van der Waals surface area contributed by atoms with E-state index in [0.29, 0.717) is 11.1 Å². The van der Waals surface area contributed by atoms with Crippen molar-refractivity contribution in [2.75, 3.05) is 6.26 Å². The molecular formula is C20H22N2O5S. The summed E-state index contributed by atoms with van der Waals surface area (Å²) in [4.78, 5) is 24.9. The van der Waals surface area contributed by atoms with Crippen molar-refractivity contribution in [3.8, 4) is 5.75 Å². The summed E-state index contributed by atoms with van der Waals surface area (Å²) in [5.41, 5.74) is 1.07. The molecule has 0 spiro atoms. The summed E-state index contributed by atoms with van der Waals surface area (Å²) in [6, 6.07) is 14.5. The highest BCUT2D eigenvalue weighted by Gasteiger charge is 2.15. The zero-order chi connectivity index (χ0) is 20.7. The van der Waals surface area contributed by atoms with Gasteiger partial charge in [-0.25, -0.2) is 0 Å². The third-order valence-electron chi connectivity index (χ3n) is 3.39. The molecule has 2 amide bonds. The standard InChI is InChI=1S/C20H22N2O5S/c1-14(2)21-20(24)18(22-19(23)16-7-5-4-6-8-16)13-15-9-11-17(12-10-15)27-28(3,25)26/h4-14H,1-3H3,(H,21,24)(H,22,23)/b18-13-. The van der Waals surface area contributed by atoms with Gasteiger partial charge in [-0.2, -0.15) is 8.42 Å². The molecule has 28 heavy (non-hydrogen) atoms. The summed E-state index contributed by atoms with van der Waals surface area (Å²) in [7, 11) is -3.62. The number of nitrogens with one attached hydrogen (secondary N) is 2. The van der Waals surface area contributed by atoms with Gasteiger partial charge in [0.05, 0.1) is 6.26 Å². The van der Waals surface area contributed by atoms with Crippen molar-refractivity contribution in [1.82, 2.24) is 10.6 Å². The van der Waals surface area contributed by atoms with E-state index in [-0.39, 0.29) is 17.5 Å². The Bertz CT molecular complexity index is 965. The lowest BCUT2D eigenvalue weighted by Gasteiger charge is -2.13. The van der Waals surface area contributed by atoms with Gasteiger partial charge in [-0.3, -0.25) is 9.59 Å². The second-order valence-electron chi connectivity index (χ2n) is 6.36. The fourth-order valence-corrected chi connectivity index (χ4v) is 2.70. The van der Waals surface area contributed by atoms with Gasteiger partial charge in [0.1, 0.15) is 11.4 Å². The molecule has 0 atom stereocenters. The average Bonchev–Trinajstić information content (AvgIpc) is 2.61. The number of amides is 2. The second kappa shape index (κ2) is 9.18. The fourth-order valence-electron chi connectivity index (χ4n) is 2.24. The van der Waals surface area contributed by atoms with Gasteiger partial charge in [-0.1, -0.05) is 30.3 Å². The van der Waals surface area contributed by atoms with Crippen molar-refractivity contribution in [2.45, 2.75) is 19.9 Å². The van der Waals surface area contributed by atoms with Crippen molar-refractivity contribution < 1.29 is 22.2 Å². The summed E-state index contributed by atoms with van der Waals surface area (Å²) in [5, 5.41) is 5.36. The molecule has 0 aromatic heterocycles. The van der Waals surface area contributed by atoms with Gasteiger partial charge >= 0.3 is 10.1 Å². The summed E-state index contributed by atoms with van der Waals surface area (Å²) < 4.78 is 27.1. The van der Waals surface area contributed by atoms with Crippen molar-refractivity contribution in [3.05, 3.63) is 71.4 Å². The van der Waals surface area contributed by atoms with Gasteiger partial charge in [0, 0.05) is 11.6 Å². The van der Waals surface area contributed by atoms with Crippen LogP contribution in [0.4, 0.5) is 0 Å². The van der Waals surface area contributed by atoms with Crippen molar-refractivity contribution >= 4 is 28.0 Å². The largest absolute Gasteiger partial charge is 0.383 e. The molecule has 148 valence electrons. The molecule has 0 saturated carbocycles. The molecule has 0 aliphatic carbocycles. The highest BCUT2D eigenvalue weighted by atomic mass is 32.2. The maximum absolute atomic E-state index is 12.5. The molecule has 0 fully saturated rings. The Labute approximate surface area is 164 Å². The Morgan fingerprint density at radius 2 is 1.61 bits per heavy atom. The molecule has 0 bridgehead atoms. The minimum absolute atomic E-state index is 0.0688. The van der Waals surface area contributed by atoms with Crippen molar-refractivity contribution in [3.63, 3.8) is 0 Å². The predicted molar refractivity (Wildman–Crippen MR) is 107 cm³/mol. The maximum atomic E-state index is 12.5. The first-order valence-electron chi connectivity index (χ1n) is 8.52. The summed E-state index contributed by atoms with van der Waals surface area (Å²) in [6.45, 7) is 3.62. The van der Waals surface area contributed by atoms with Crippen molar-refractivity contribution in [2.24, 2.45) is 0 Å². The van der Waals surface area contributed by atoms with E-state index >= 15 is 0 Å². The lowest BCUT2D eigenvalue weighted by Crippen LogP contribution is -2.38. The molecule has 7 nitrogen and oxygen atoms in total. The van der Waals surface area contributed by atoms with Crippen LogP contribution in [0.3, 0.4) is 0 Å². The molecule has 2 N–H and O–H groups in total. The van der Waals surface area contributed by atoms with Crippen LogP contribution in [0.15, 0.2) is 60.3 Å². The smallest absolute Gasteiger partial charge is 0.306 e. The van der Waals surface area contributed by atoms with Crippen LogP contribution in [0.2, 0.25) is 0 Å². The first-order valence-corrected chi connectivity index (χ1v) is 10.3. The fraction of sp³-hybridized carbons (Fsp3) is 0.200. The lowest BCUT2D eigenvalue weighted by molar-refractivity contribution is -0.118. The Morgan fingerprint density at radius 1 is 1.00 bits per heavy atom. The van der Waals surface area contributed by atoms with E-state index in [2.05, 4.69) is 10.6 Å². The number of carbonyl (C=O) groups is 2. The molecule has 0 saturated heterocycles. The number of rotatable bonds is 7. The highest BCUT2D eigenvalue weighted by Crippen LogP contribution is 2.16. The highest BCUT2D eigenvalue weighted by molar-refractivity contribution is 7.86. The zero-order valence-corrected chi connectivity index (χ0v) is 16.6. The van der Waals surface area contributed by atoms with Gasteiger partial charge in [0.15, 0.2) is 0 Å². The summed E-state index contributed by atoms with van der Waals surface area (Å²) in [5.74, 6) is -0.695. The van der Waals surface area contributed by atoms with E-state index in [9.17, 15) is 18.0 Å². The van der Waals surface area contributed by atoms with Crippen LogP contribution < -0.4 is 14.8 Å².